The first-order valence-electron chi connectivity index (χ1n) is 7.80. The molecule has 3 aromatic rings. The Morgan fingerprint density at radius 2 is 1.80 bits per heavy atom. The fourth-order valence-electron chi connectivity index (χ4n) is 2.43. The largest absolute Gasteiger partial charge is 0.497 e. The van der Waals surface area contributed by atoms with Crippen molar-refractivity contribution in [1.82, 2.24) is 9.78 Å². The molecule has 2 aromatic carbocycles. The van der Waals surface area contributed by atoms with E-state index in [1.807, 2.05) is 36.4 Å². The average molecular weight is 357 g/mol. The van der Waals surface area contributed by atoms with Crippen LogP contribution in [0.1, 0.15) is 17.4 Å². The highest BCUT2D eigenvalue weighted by Crippen LogP contribution is 2.27. The fraction of sp³-hybridized carbons (Fsp3) is 0.158. The van der Waals surface area contributed by atoms with Crippen molar-refractivity contribution < 1.29 is 14.3 Å². The number of methoxy groups -OCH3 is 1. The molecule has 128 valence electrons. The van der Waals surface area contributed by atoms with Gasteiger partial charge in [-0.2, -0.15) is 5.10 Å². The van der Waals surface area contributed by atoms with Gasteiger partial charge in [-0.05, 0) is 61.5 Å². The second kappa shape index (κ2) is 7.40. The molecule has 0 aliphatic heterocycles. The maximum Gasteiger partial charge on any atom is 0.358 e. The number of carbonyl (C=O) groups is 1. The summed E-state index contributed by atoms with van der Waals surface area (Å²) in [4.78, 5) is 12.1. The van der Waals surface area contributed by atoms with E-state index in [0.717, 1.165) is 22.7 Å². The number of carbonyl (C=O) groups excluding carboxylic acids is 1. The summed E-state index contributed by atoms with van der Waals surface area (Å²) in [7, 11) is 1.62. The molecule has 0 aliphatic rings. The van der Waals surface area contributed by atoms with Crippen molar-refractivity contribution in [2.75, 3.05) is 13.7 Å². The van der Waals surface area contributed by atoms with E-state index in [1.54, 1.807) is 36.9 Å². The molecule has 0 amide bonds. The topological polar surface area (TPSA) is 53.4 Å². The summed E-state index contributed by atoms with van der Waals surface area (Å²) in [5.41, 5.74) is 2.72. The minimum Gasteiger partial charge on any atom is -0.497 e. The van der Waals surface area contributed by atoms with Crippen LogP contribution in [0.15, 0.2) is 54.6 Å². The fourth-order valence-corrected chi connectivity index (χ4v) is 2.56. The number of halogens is 1. The van der Waals surface area contributed by atoms with Gasteiger partial charge in [0.25, 0.3) is 0 Å². The Hall–Kier alpha value is -2.79. The number of rotatable bonds is 5. The molecule has 0 fully saturated rings. The molecule has 6 heteroatoms. The summed E-state index contributed by atoms with van der Waals surface area (Å²) in [6.07, 6.45) is 0. The average Bonchev–Trinajstić information content (AvgIpc) is 3.08. The molecule has 0 aliphatic carbocycles. The minimum absolute atomic E-state index is 0.252. The molecule has 0 unspecified atom stereocenters. The van der Waals surface area contributed by atoms with E-state index < -0.39 is 5.97 Å². The first-order chi connectivity index (χ1) is 12.1. The van der Waals surface area contributed by atoms with Crippen LogP contribution in [0.3, 0.4) is 0 Å². The molecule has 0 saturated carbocycles. The molecule has 0 atom stereocenters. The van der Waals surface area contributed by atoms with Gasteiger partial charge in [0.05, 0.1) is 25.1 Å². The van der Waals surface area contributed by atoms with Crippen molar-refractivity contribution in [1.29, 1.82) is 0 Å². The van der Waals surface area contributed by atoms with E-state index in [-0.39, 0.29) is 5.69 Å². The zero-order chi connectivity index (χ0) is 17.8. The van der Waals surface area contributed by atoms with Gasteiger partial charge in [0.2, 0.25) is 0 Å². The minimum atomic E-state index is -0.454. The molecular formula is C19H17ClN2O3. The summed E-state index contributed by atoms with van der Waals surface area (Å²) < 4.78 is 12.0. The molecule has 0 N–H and O–H groups in total. The smallest absolute Gasteiger partial charge is 0.358 e. The third-order valence-corrected chi connectivity index (χ3v) is 3.90. The zero-order valence-electron chi connectivity index (χ0n) is 13.9. The maximum absolute atomic E-state index is 12.1. The Kier molecular flexibility index (Phi) is 5.05. The second-order valence-corrected chi connectivity index (χ2v) is 5.69. The van der Waals surface area contributed by atoms with Gasteiger partial charge in [-0.25, -0.2) is 9.48 Å². The normalized spacial score (nSPS) is 10.5. The number of benzene rings is 2. The Morgan fingerprint density at radius 3 is 2.40 bits per heavy atom. The molecule has 5 nitrogen and oxygen atoms in total. The highest BCUT2D eigenvalue weighted by atomic mass is 35.5. The van der Waals surface area contributed by atoms with Gasteiger partial charge in [-0.15, -0.1) is 0 Å². The lowest BCUT2D eigenvalue weighted by Crippen LogP contribution is -2.06. The predicted molar refractivity (Wildman–Crippen MR) is 96.5 cm³/mol. The monoisotopic (exact) mass is 356 g/mol. The van der Waals surface area contributed by atoms with Crippen LogP contribution in [0.25, 0.3) is 16.9 Å². The maximum atomic E-state index is 12.1. The first kappa shape index (κ1) is 17.0. The number of ether oxygens (including phenoxy) is 2. The number of hydrogen-bond donors (Lipinski definition) is 0. The molecule has 25 heavy (non-hydrogen) atoms. The van der Waals surface area contributed by atoms with Crippen LogP contribution in [0.2, 0.25) is 5.02 Å². The lowest BCUT2D eigenvalue weighted by Gasteiger charge is -2.08. The zero-order valence-corrected chi connectivity index (χ0v) is 14.7. The van der Waals surface area contributed by atoms with Crippen LogP contribution >= 0.6 is 11.6 Å². The van der Waals surface area contributed by atoms with Crippen LogP contribution in [0.4, 0.5) is 0 Å². The summed E-state index contributed by atoms with van der Waals surface area (Å²) in [6.45, 7) is 2.06. The van der Waals surface area contributed by atoms with Crippen LogP contribution < -0.4 is 4.74 Å². The SMILES string of the molecule is CCOC(=O)c1cc(-c2ccc(OC)cc2)n(-c2ccc(Cl)cc2)n1. The lowest BCUT2D eigenvalue weighted by atomic mass is 10.1. The van der Waals surface area contributed by atoms with Crippen LogP contribution in [0, 0.1) is 0 Å². The van der Waals surface area contributed by atoms with Gasteiger partial charge in [0.1, 0.15) is 5.75 Å². The van der Waals surface area contributed by atoms with Gasteiger partial charge in [0.15, 0.2) is 5.69 Å². The van der Waals surface area contributed by atoms with Crippen molar-refractivity contribution >= 4 is 17.6 Å². The van der Waals surface area contributed by atoms with Gasteiger partial charge in [-0.1, -0.05) is 11.6 Å². The molecule has 0 saturated heterocycles. The number of nitrogens with zero attached hydrogens (tertiary/aromatic N) is 2. The van der Waals surface area contributed by atoms with E-state index in [0.29, 0.717) is 11.6 Å². The van der Waals surface area contributed by atoms with Gasteiger partial charge in [0, 0.05) is 10.6 Å². The first-order valence-corrected chi connectivity index (χ1v) is 8.17. The predicted octanol–water partition coefficient (Wildman–Crippen LogP) is 4.38. The van der Waals surface area contributed by atoms with Crippen LogP contribution in [-0.4, -0.2) is 29.5 Å². The lowest BCUT2D eigenvalue weighted by molar-refractivity contribution is 0.0519. The molecule has 1 aromatic heterocycles. The van der Waals surface area contributed by atoms with E-state index >= 15 is 0 Å². The Bertz CT molecular complexity index is 871. The van der Waals surface area contributed by atoms with Gasteiger partial charge >= 0.3 is 5.97 Å². The standard InChI is InChI=1S/C19H17ClN2O3/c1-3-25-19(23)17-12-18(13-4-10-16(24-2)11-5-13)22(21-17)15-8-6-14(20)7-9-15/h4-12H,3H2,1-2H3. The van der Waals surface area contributed by atoms with Crippen molar-refractivity contribution in [2.24, 2.45) is 0 Å². The van der Waals surface area contributed by atoms with Gasteiger partial charge < -0.3 is 9.47 Å². The number of aromatic nitrogens is 2. The Balaban J connectivity index is 2.10. The highest BCUT2D eigenvalue weighted by molar-refractivity contribution is 6.30. The van der Waals surface area contributed by atoms with Crippen molar-refractivity contribution in [3.05, 3.63) is 65.3 Å². The van der Waals surface area contributed by atoms with Crippen molar-refractivity contribution in [2.45, 2.75) is 6.92 Å². The highest BCUT2D eigenvalue weighted by Gasteiger charge is 2.17. The summed E-state index contributed by atoms with van der Waals surface area (Å²) in [5.74, 6) is 0.303. The van der Waals surface area contributed by atoms with E-state index in [9.17, 15) is 4.79 Å². The molecule has 1 heterocycles. The molecular weight excluding hydrogens is 340 g/mol. The summed E-state index contributed by atoms with van der Waals surface area (Å²) in [5, 5.41) is 5.05. The third kappa shape index (κ3) is 3.67. The van der Waals surface area contributed by atoms with E-state index in [2.05, 4.69) is 5.10 Å². The molecule has 3 rings (SSSR count). The third-order valence-electron chi connectivity index (χ3n) is 3.65. The van der Waals surface area contributed by atoms with E-state index in [4.69, 9.17) is 21.1 Å². The number of esters is 1. The van der Waals surface area contributed by atoms with Crippen molar-refractivity contribution in [3.63, 3.8) is 0 Å². The molecule has 0 spiro atoms. The summed E-state index contributed by atoms with van der Waals surface area (Å²) >= 11 is 5.97. The Morgan fingerprint density at radius 1 is 1.12 bits per heavy atom. The van der Waals surface area contributed by atoms with Gasteiger partial charge in [-0.3, -0.25) is 0 Å². The van der Waals surface area contributed by atoms with E-state index in [1.165, 1.54) is 0 Å². The van der Waals surface area contributed by atoms with Crippen LogP contribution in [-0.2, 0) is 4.74 Å². The van der Waals surface area contributed by atoms with Crippen LogP contribution in [0.5, 0.6) is 5.75 Å². The Labute approximate surface area is 150 Å². The molecule has 0 radical (unpaired) electrons. The number of hydrogen-bond acceptors (Lipinski definition) is 4. The second-order valence-electron chi connectivity index (χ2n) is 5.25. The quantitative estimate of drug-likeness (QED) is 0.637. The summed E-state index contributed by atoms with van der Waals surface area (Å²) in [6, 6.07) is 16.5. The van der Waals surface area contributed by atoms with Crippen molar-refractivity contribution in [3.8, 4) is 22.7 Å². The molecule has 0 bridgehead atoms.